The van der Waals surface area contributed by atoms with Gasteiger partial charge in [0.15, 0.2) is 11.7 Å². The van der Waals surface area contributed by atoms with Crippen LogP contribution in [-0.4, -0.2) is 21.0 Å². The highest BCUT2D eigenvalue weighted by atomic mass is 16.5. The van der Waals surface area contributed by atoms with E-state index in [-0.39, 0.29) is 5.91 Å². The zero-order valence-corrected chi connectivity index (χ0v) is 13.2. The zero-order chi connectivity index (χ0) is 16.4. The van der Waals surface area contributed by atoms with Gasteiger partial charge in [-0.05, 0) is 38.5 Å². The predicted molar refractivity (Wildman–Crippen MR) is 86.0 cm³/mol. The number of amides is 1. The minimum Gasteiger partial charge on any atom is -0.369 e. The Kier molecular flexibility index (Phi) is 2.61. The van der Waals surface area contributed by atoms with Crippen molar-refractivity contribution in [2.24, 2.45) is 0 Å². The van der Waals surface area contributed by atoms with Crippen molar-refractivity contribution in [2.45, 2.75) is 32.7 Å². The maximum Gasteiger partial charge on any atom is 0.237 e. The van der Waals surface area contributed by atoms with E-state index >= 15 is 0 Å². The molecule has 0 saturated carbocycles. The molecule has 0 aliphatic carbocycles. The SMILES string of the molecule is Cc1cc(CN2C(=O)C(C)(C)c3cc4nc(N)[nH]c4cc32)on1. The average molecular weight is 311 g/mol. The lowest BCUT2D eigenvalue weighted by Crippen LogP contribution is -2.35. The topological polar surface area (TPSA) is 101 Å². The summed E-state index contributed by atoms with van der Waals surface area (Å²) < 4.78 is 5.27. The van der Waals surface area contributed by atoms with E-state index in [9.17, 15) is 4.79 Å². The number of nitrogens with one attached hydrogen (secondary N) is 1. The second-order valence-electron chi connectivity index (χ2n) is 6.46. The van der Waals surface area contributed by atoms with Crippen molar-refractivity contribution in [3.63, 3.8) is 0 Å². The molecular weight excluding hydrogens is 294 g/mol. The molecule has 0 spiro atoms. The number of carbonyl (C=O) groups is 1. The lowest BCUT2D eigenvalue weighted by Gasteiger charge is -2.19. The number of H-pyrrole nitrogens is 1. The first-order chi connectivity index (χ1) is 10.9. The van der Waals surface area contributed by atoms with Crippen LogP contribution in [-0.2, 0) is 16.8 Å². The fraction of sp³-hybridized carbons (Fsp3) is 0.312. The molecule has 4 rings (SSSR count). The molecule has 1 aliphatic heterocycles. The van der Waals surface area contributed by atoms with Gasteiger partial charge in [0.1, 0.15) is 0 Å². The van der Waals surface area contributed by atoms with Crippen LogP contribution in [0.5, 0.6) is 0 Å². The van der Waals surface area contributed by atoms with Crippen LogP contribution in [0.4, 0.5) is 11.6 Å². The molecule has 1 aromatic carbocycles. The summed E-state index contributed by atoms with van der Waals surface area (Å²) in [5.74, 6) is 1.05. The molecule has 1 amide bonds. The summed E-state index contributed by atoms with van der Waals surface area (Å²) in [5, 5.41) is 3.88. The van der Waals surface area contributed by atoms with Gasteiger partial charge in [-0.3, -0.25) is 4.79 Å². The Morgan fingerprint density at radius 2 is 2.13 bits per heavy atom. The molecule has 7 nitrogen and oxygen atoms in total. The molecule has 0 fully saturated rings. The van der Waals surface area contributed by atoms with Crippen LogP contribution >= 0.6 is 0 Å². The number of rotatable bonds is 2. The predicted octanol–water partition coefficient (Wildman–Crippen LogP) is 2.27. The maximum absolute atomic E-state index is 12.9. The number of nitrogen functional groups attached to an aromatic ring is 1. The number of carbonyl (C=O) groups excluding carboxylic acids is 1. The summed E-state index contributed by atoms with van der Waals surface area (Å²) in [4.78, 5) is 21.9. The fourth-order valence-electron chi connectivity index (χ4n) is 3.15. The quantitative estimate of drug-likeness (QED) is 0.756. The van der Waals surface area contributed by atoms with Gasteiger partial charge >= 0.3 is 0 Å². The number of aromatic amines is 1. The molecule has 0 atom stereocenters. The van der Waals surface area contributed by atoms with E-state index in [2.05, 4.69) is 15.1 Å². The molecule has 23 heavy (non-hydrogen) atoms. The summed E-state index contributed by atoms with van der Waals surface area (Å²) >= 11 is 0. The molecule has 0 unspecified atom stereocenters. The van der Waals surface area contributed by atoms with Gasteiger partial charge in [0, 0.05) is 6.07 Å². The van der Waals surface area contributed by atoms with Crippen molar-refractivity contribution in [3.05, 3.63) is 35.2 Å². The maximum atomic E-state index is 12.9. The Morgan fingerprint density at radius 1 is 1.35 bits per heavy atom. The number of aromatic nitrogens is 3. The number of benzene rings is 1. The van der Waals surface area contributed by atoms with Gasteiger partial charge in [0.05, 0.1) is 34.4 Å². The number of hydrogen-bond acceptors (Lipinski definition) is 5. The first-order valence-corrected chi connectivity index (χ1v) is 7.40. The first kappa shape index (κ1) is 13.8. The van der Waals surface area contributed by atoms with Gasteiger partial charge in [-0.25, -0.2) is 4.98 Å². The third kappa shape index (κ3) is 1.93. The lowest BCUT2D eigenvalue weighted by atomic mass is 9.86. The Morgan fingerprint density at radius 3 is 2.83 bits per heavy atom. The number of anilines is 2. The van der Waals surface area contributed by atoms with E-state index in [4.69, 9.17) is 10.3 Å². The number of nitrogens with zero attached hydrogens (tertiary/aromatic N) is 3. The Labute approximate surface area is 132 Å². The van der Waals surface area contributed by atoms with Crippen LogP contribution in [0.15, 0.2) is 22.7 Å². The fourth-order valence-corrected chi connectivity index (χ4v) is 3.15. The van der Waals surface area contributed by atoms with Crippen molar-refractivity contribution in [2.75, 3.05) is 10.6 Å². The summed E-state index contributed by atoms with van der Waals surface area (Å²) in [6.07, 6.45) is 0. The van der Waals surface area contributed by atoms with Crippen LogP contribution in [0.2, 0.25) is 0 Å². The molecule has 0 saturated heterocycles. The molecule has 1 aliphatic rings. The normalized spacial score (nSPS) is 16.3. The number of imidazole rings is 1. The largest absolute Gasteiger partial charge is 0.369 e. The standard InChI is InChI=1S/C16H17N5O2/c1-8-4-9(23-20-8)7-21-13-6-12-11(18-15(17)19-12)5-10(13)16(2,3)14(21)22/h4-6H,7H2,1-3H3,(H3,17,18,19). The lowest BCUT2D eigenvalue weighted by molar-refractivity contribution is -0.122. The zero-order valence-electron chi connectivity index (χ0n) is 13.2. The molecule has 7 heteroatoms. The second kappa shape index (κ2) is 4.34. The molecule has 118 valence electrons. The van der Waals surface area contributed by atoms with Crippen molar-refractivity contribution in [3.8, 4) is 0 Å². The molecule has 2 aromatic heterocycles. The highest BCUT2D eigenvalue weighted by Gasteiger charge is 2.44. The first-order valence-electron chi connectivity index (χ1n) is 7.40. The van der Waals surface area contributed by atoms with Gasteiger partial charge in [0.2, 0.25) is 5.91 Å². The monoisotopic (exact) mass is 311 g/mol. The van der Waals surface area contributed by atoms with E-state index in [1.807, 2.05) is 39.0 Å². The third-order valence-electron chi connectivity index (χ3n) is 4.35. The highest BCUT2D eigenvalue weighted by Crippen LogP contribution is 2.44. The Hall–Kier alpha value is -2.83. The number of aryl methyl sites for hydroxylation is 1. The minimum absolute atomic E-state index is 0.0298. The van der Waals surface area contributed by atoms with Gasteiger partial charge in [0.25, 0.3) is 0 Å². The molecule has 0 bridgehead atoms. The summed E-state index contributed by atoms with van der Waals surface area (Å²) in [5.41, 5.74) is 9.28. The average Bonchev–Trinajstić information content (AvgIpc) is 3.10. The van der Waals surface area contributed by atoms with Crippen molar-refractivity contribution in [1.82, 2.24) is 15.1 Å². The number of fused-ring (bicyclic) bond motifs is 2. The van der Waals surface area contributed by atoms with E-state index in [0.29, 0.717) is 18.3 Å². The minimum atomic E-state index is -0.619. The van der Waals surface area contributed by atoms with Crippen molar-refractivity contribution >= 4 is 28.6 Å². The molecule has 3 aromatic rings. The highest BCUT2D eigenvalue weighted by molar-refractivity contribution is 6.09. The van der Waals surface area contributed by atoms with Gasteiger partial charge in [-0.1, -0.05) is 5.16 Å². The van der Waals surface area contributed by atoms with Crippen LogP contribution in [0.25, 0.3) is 11.0 Å². The number of nitrogens with two attached hydrogens (primary N) is 1. The van der Waals surface area contributed by atoms with Crippen molar-refractivity contribution < 1.29 is 9.32 Å². The van der Waals surface area contributed by atoms with Gasteiger partial charge < -0.3 is 20.1 Å². The molecule has 3 heterocycles. The Bertz CT molecular complexity index is 937. The smallest absolute Gasteiger partial charge is 0.237 e. The van der Waals surface area contributed by atoms with E-state index < -0.39 is 5.41 Å². The van der Waals surface area contributed by atoms with E-state index in [1.165, 1.54) is 0 Å². The summed E-state index contributed by atoms with van der Waals surface area (Å²) in [6, 6.07) is 5.69. The Balaban J connectivity index is 1.86. The third-order valence-corrected chi connectivity index (χ3v) is 4.35. The van der Waals surface area contributed by atoms with Crippen LogP contribution in [0, 0.1) is 6.92 Å². The van der Waals surface area contributed by atoms with Crippen LogP contribution < -0.4 is 10.6 Å². The summed E-state index contributed by atoms with van der Waals surface area (Å²) in [6.45, 7) is 6.04. The number of hydrogen-bond donors (Lipinski definition) is 2. The van der Waals surface area contributed by atoms with E-state index in [0.717, 1.165) is 28.0 Å². The van der Waals surface area contributed by atoms with Crippen molar-refractivity contribution in [1.29, 1.82) is 0 Å². The van der Waals surface area contributed by atoms with Gasteiger partial charge in [-0.2, -0.15) is 0 Å². The second-order valence-corrected chi connectivity index (χ2v) is 6.46. The van der Waals surface area contributed by atoms with Gasteiger partial charge in [-0.15, -0.1) is 0 Å². The van der Waals surface area contributed by atoms with E-state index in [1.54, 1.807) is 4.90 Å². The summed E-state index contributed by atoms with van der Waals surface area (Å²) in [7, 11) is 0. The molecular formula is C16H17N5O2. The molecule has 3 N–H and O–H groups in total. The molecule has 0 radical (unpaired) electrons. The van der Waals surface area contributed by atoms with Crippen LogP contribution in [0.1, 0.15) is 30.9 Å². The van der Waals surface area contributed by atoms with Crippen LogP contribution in [0.3, 0.4) is 0 Å².